The number of hydrogen-bond donors (Lipinski definition) is 2. The van der Waals surface area contributed by atoms with E-state index < -0.39 is 23.4 Å². The normalized spacial score (nSPS) is 10.9. The second-order valence-electron chi connectivity index (χ2n) is 18.3. The molecule has 2 aromatic heterocycles. The summed E-state index contributed by atoms with van der Waals surface area (Å²) in [5.74, 6) is -4.07. The first-order valence-electron chi connectivity index (χ1n) is 23.2. The van der Waals surface area contributed by atoms with Crippen LogP contribution in [0.4, 0.5) is 11.4 Å². The lowest BCUT2D eigenvalue weighted by Gasteiger charge is -2.24. The molecular weight excluding hydrogens is 885 g/mol. The van der Waals surface area contributed by atoms with Crippen molar-refractivity contribution in [3.63, 3.8) is 0 Å². The van der Waals surface area contributed by atoms with Crippen LogP contribution in [0.25, 0.3) is 65.9 Å². The van der Waals surface area contributed by atoms with Crippen molar-refractivity contribution >= 4 is 66.7 Å². The van der Waals surface area contributed by atoms with Gasteiger partial charge in [-0.15, -0.1) is 0 Å². The average molecular weight is 941 g/mol. The van der Waals surface area contributed by atoms with E-state index in [-0.39, 0.29) is 28.7 Å². The summed E-state index contributed by atoms with van der Waals surface area (Å²) in [6.45, 7) is 4.26. The Morgan fingerprint density at radius 1 is 0.465 bits per heavy atom. The zero-order valence-corrected chi connectivity index (χ0v) is 41.2. The molecule has 2 N–H and O–H groups in total. The molecule has 2 heterocycles. The second-order valence-corrected chi connectivity index (χ2v) is 18.3. The van der Waals surface area contributed by atoms with E-state index in [0.29, 0.717) is 21.5 Å². The highest BCUT2D eigenvalue weighted by Gasteiger charge is 2.18. The van der Waals surface area contributed by atoms with Gasteiger partial charge in [0.05, 0.1) is 11.1 Å². The predicted octanol–water partition coefficient (Wildman–Crippen LogP) is 10.5. The second kappa shape index (κ2) is 20.5. The van der Waals surface area contributed by atoms with Crippen molar-refractivity contribution in [3.05, 3.63) is 203 Å². The maximum atomic E-state index is 12.9. The van der Waals surface area contributed by atoms with E-state index >= 15 is 0 Å². The van der Waals surface area contributed by atoms with Crippen LogP contribution in [0.5, 0.6) is 11.5 Å². The molecule has 8 aromatic carbocycles. The Labute approximate surface area is 413 Å². The molecule has 0 aliphatic carbocycles. The van der Waals surface area contributed by atoms with E-state index in [4.69, 9.17) is 0 Å². The van der Waals surface area contributed by atoms with Gasteiger partial charge in [-0.2, -0.15) is 9.13 Å². The van der Waals surface area contributed by atoms with E-state index in [1.165, 1.54) is 79.0 Å². The molecule has 0 aliphatic rings. The number of pyridine rings is 2. The molecule has 10 heteroatoms. The molecule has 0 fully saturated rings. The molecule has 0 saturated carbocycles. The minimum Gasteiger partial charge on any atom is -0.872 e. The van der Waals surface area contributed by atoms with Crippen LogP contribution in [0.1, 0.15) is 43.0 Å². The van der Waals surface area contributed by atoms with Gasteiger partial charge < -0.3 is 30.2 Å². The molecule has 0 aliphatic heterocycles. The van der Waals surface area contributed by atoms with Crippen molar-refractivity contribution in [2.24, 2.45) is 14.1 Å². The minimum atomic E-state index is -1.35. The number of rotatable bonds is 8. The zero-order chi connectivity index (χ0) is 50.7. The van der Waals surface area contributed by atoms with Crippen molar-refractivity contribution in [3.8, 4) is 34.0 Å². The third kappa shape index (κ3) is 10.2. The number of aromatic nitrogens is 2. The summed E-state index contributed by atoms with van der Waals surface area (Å²) in [6, 6.07) is 55.6. The molecule has 0 bridgehead atoms. The fourth-order valence-corrected chi connectivity index (χ4v) is 9.14. The fourth-order valence-electron chi connectivity index (χ4n) is 9.14. The molecule has 356 valence electrons. The van der Waals surface area contributed by atoms with Crippen LogP contribution in [-0.2, 0) is 20.5 Å². The van der Waals surface area contributed by atoms with Crippen LogP contribution in [0.15, 0.2) is 170 Å². The molecular formula is C61H56N4O6. The number of carboxylic acid groups (broad SMARTS) is 2. The van der Waals surface area contributed by atoms with E-state index in [2.05, 4.69) is 184 Å². The molecule has 0 radical (unpaired) electrons. The number of aromatic carboxylic acids is 2. The molecule has 10 nitrogen and oxygen atoms in total. The van der Waals surface area contributed by atoms with Crippen LogP contribution in [0, 0.1) is 13.8 Å². The highest BCUT2D eigenvalue weighted by atomic mass is 16.4. The van der Waals surface area contributed by atoms with Gasteiger partial charge in [-0.1, -0.05) is 83.3 Å². The molecule has 0 saturated heterocycles. The minimum absolute atomic E-state index is 0.158. The van der Waals surface area contributed by atoms with Crippen molar-refractivity contribution in [1.29, 1.82) is 0 Å². The number of fused-ring (bicyclic) bond motifs is 4. The molecule has 0 atom stereocenters. The maximum Gasteiger partial charge on any atom is 0.335 e. The first kappa shape index (κ1) is 48.7. The molecule has 0 unspecified atom stereocenters. The highest BCUT2D eigenvalue weighted by Crippen LogP contribution is 2.37. The zero-order valence-electron chi connectivity index (χ0n) is 41.2. The lowest BCUT2D eigenvalue weighted by atomic mass is 9.90. The number of hydrogen-bond acceptors (Lipinski definition) is 6. The van der Waals surface area contributed by atoms with Gasteiger partial charge in [0.15, 0.2) is 0 Å². The first-order chi connectivity index (χ1) is 34.0. The average Bonchev–Trinajstić information content (AvgIpc) is 3.35. The number of benzene rings is 8. The fraction of sp³-hybridized carbons (Fsp3) is 0.148. The smallest absolute Gasteiger partial charge is 0.335 e. The Bertz CT molecular complexity index is 3400. The van der Waals surface area contributed by atoms with Crippen LogP contribution in [0.3, 0.4) is 0 Å². The number of anilines is 2. The predicted molar refractivity (Wildman–Crippen MR) is 283 cm³/mol. The lowest BCUT2D eigenvalue weighted by Crippen LogP contribution is -2.31. The summed E-state index contributed by atoms with van der Waals surface area (Å²) in [7, 11) is 12.5. The molecule has 10 aromatic rings. The summed E-state index contributed by atoms with van der Waals surface area (Å²) < 4.78 is 4.53. The third-order valence-electron chi connectivity index (χ3n) is 13.0. The molecule has 10 rings (SSSR count). The van der Waals surface area contributed by atoms with E-state index in [0.717, 1.165) is 0 Å². The quantitative estimate of drug-likeness (QED) is 0.144. The Balaban J connectivity index is 0.000000146. The van der Waals surface area contributed by atoms with Gasteiger partial charge in [0.25, 0.3) is 0 Å². The van der Waals surface area contributed by atoms with Gasteiger partial charge in [0.2, 0.25) is 22.4 Å². The third-order valence-corrected chi connectivity index (χ3v) is 13.0. The Morgan fingerprint density at radius 2 is 0.831 bits per heavy atom. The van der Waals surface area contributed by atoms with Gasteiger partial charge >= 0.3 is 11.9 Å². The number of aryl methyl sites for hydroxylation is 4. The van der Waals surface area contributed by atoms with Crippen LogP contribution >= 0.6 is 0 Å². The summed E-state index contributed by atoms with van der Waals surface area (Å²) in [4.78, 5) is 27.3. The lowest BCUT2D eigenvalue weighted by molar-refractivity contribution is -0.633. The maximum absolute atomic E-state index is 12.9. The highest BCUT2D eigenvalue weighted by molar-refractivity contribution is 6.02. The number of carbonyl (C=O) groups is 2. The van der Waals surface area contributed by atoms with Crippen LogP contribution < -0.4 is 29.1 Å². The van der Waals surface area contributed by atoms with Crippen molar-refractivity contribution in [2.75, 3.05) is 38.0 Å². The van der Waals surface area contributed by atoms with E-state index in [1.54, 1.807) is 48.5 Å². The molecule has 0 spiro atoms. The summed E-state index contributed by atoms with van der Waals surface area (Å²) in [6.07, 6.45) is -0.166. The van der Waals surface area contributed by atoms with Crippen LogP contribution in [0.2, 0.25) is 0 Å². The van der Waals surface area contributed by atoms with Crippen molar-refractivity contribution in [1.82, 2.24) is 0 Å². The largest absolute Gasteiger partial charge is 0.872 e. The topological polar surface area (TPSA) is 135 Å². The van der Waals surface area contributed by atoms with Gasteiger partial charge in [-0.05, 0) is 138 Å². The van der Waals surface area contributed by atoms with Crippen molar-refractivity contribution < 1.29 is 39.1 Å². The van der Waals surface area contributed by atoms with Crippen molar-refractivity contribution in [2.45, 2.75) is 20.3 Å². The summed E-state index contributed by atoms with van der Waals surface area (Å²) in [5.41, 5.74) is 12.0. The molecule has 71 heavy (non-hydrogen) atoms. The monoisotopic (exact) mass is 940 g/mol. The summed E-state index contributed by atoms with van der Waals surface area (Å²) in [5, 5.41) is 49.4. The number of carboxylic acids is 2. The SMILES string of the molecule is Cc1ccc2c(ccc(-c3ccc(N(C)C)cc3)[n+]2C)c1.Cc1ccc2c(ccc(-c3ccc(N(C)C)cc3)[n+]2C)c1.O=C(O)c1cc2ccccc2c(Cc2c([O-])c(C(=O)O)cc3ccccc23)c1[O-]. The van der Waals surface area contributed by atoms with E-state index in [9.17, 15) is 30.0 Å². The first-order valence-corrected chi connectivity index (χ1v) is 23.2. The van der Waals surface area contributed by atoms with Gasteiger partial charge in [0.1, 0.15) is 14.1 Å². The van der Waals surface area contributed by atoms with Gasteiger partial charge in [0, 0.05) is 85.7 Å². The van der Waals surface area contributed by atoms with Crippen LogP contribution in [-0.4, -0.2) is 50.3 Å². The Kier molecular flexibility index (Phi) is 14.0. The Morgan fingerprint density at radius 3 is 1.18 bits per heavy atom. The molecule has 0 amide bonds. The van der Waals surface area contributed by atoms with Gasteiger partial charge in [-0.3, -0.25) is 0 Å². The number of nitrogens with zero attached hydrogens (tertiary/aromatic N) is 4. The standard InChI is InChI=1S/C23H16O6.2C19H21N2/c24-20-16(14-7-3-1-5-12(14)9-18(20)22(26)27)11-17-15-8-4-2-6-13(15)10-19(21(17)25)23(28)29;2*1-14-5-11-19-16(13-14)8-12-18(21(19)4)15-6-9-17(10-7-15)20(2)3/h1-10,24-25H,11H2,(H,26,27)(H,28,29);2*5-13H,1-4H3/q;2*+1/p-2. The Hall–Kier alpha value is -8.76. The van der Waals surface area contributed by atoms with E-state index in [1.807, 2.05) is 0 Å². The summed E-state index contributed by atoms with van der Waals surface area (Å²) >= 11 is 0. The van der Waals surface area contributed by atoms with Gasteiger partial charge in [-0.25, -0.2) is 9.59 Å².